The summed E-state index contributed by atoms with van der Waals surface area (Å²) < 4.78 is 38.7. The lowest BCUT2D eigenvalue weighted by Gasteiger charge is -2.52. The van der Waals surface area contributed by atoms with Gasteiger partial charge in [-0.05, 0) is 24.1 Å². The van der Waals surface area contributed by atoms with Crippen molar-refractivity contribution in [3.8, 4) is 11.5 Å². The predicted molar refractivity (Wildman–Crippen MR) is 120 cm³/mol. The van der Waals surface area contributed by atoms with Crippen LogP contribution in [0.25, 0.3) is 0 Å². The summed E-state index contributed by atoms with van der Waals surface area (Å²) in [5.74, 6) is -1.06. The maximum absolute atomic E-state index is 13.5. The van der Waals surface area contributed by atoms with E-state index in [2.05, 4.69) is 11.9 Å². The van der Waals surface area contributed by atoms with Crippen LogP contribution in [0.2, 0.25) is 0 Å². The van der Waals surface area contributed by atoms with Crippen LogP contribution in [-0.4, -0.2) is 54.8 Å². The number of hydrogen-bond donors (Lipinski definition) is 1. The van der Waals surface area contributed by atoms with E-state index in [0.717, 1.165) is 40.2 Å². The number of carbonyl (C=O) groups excluding carboxylic acids is 2. The number of carboxylic acid groups (broad SMARTS) is 1. The molecule has 6 nitrogen and oxygen atoms in total. The van der Waals surface area contributed by atoms with Gasteiger partial charge in [0.25, 0.3) is 0 Å². The van der Waals surface area contributed by atoms with Gasteiger partial charge < -0.3 is 24.4 Å². The number of para-hydroxylation sites is 2. The van der Waals surface area contributed by atoms with Gasteiger partial charge in [0.1, 0.15) is 17.5 Å². The predicted octanol–water partition coefficient (Wildman–Crippen LogP) is 3.13. The monoisotopic (exact) mass is 488 g/mol. The molecule has 2 aromatic rings. The normalized spacial score (nSPS) is 24.7. The molecule has 6 rings (SSSR count). The van der Waals surface area contributed by atoms with Gasteiger partial charge in [-0.2, -0.15) is 13.2 Å². The van der Waals surface area contributed by atoms with Gasteiger partial charge in [-0.15, -0.1) is 0 Å². The Labute approximate surface area is 201 Å². The largest absolute Gasteiger partial charge is 0.542 e. The number of fused-ring (bicyclic) bond motifs is 5. The molecule has 0 aliphatic carbocycles. The minimum absolute atomic E-state index is 0.0960. The number of piperidine rings is 3. The Bertz CT molecular complexity index is 1060. The van der Waals surface area contributed by atoms with Crippen LogP contribution in [0.4, 0.5) is 13.2 Å². The van der Waals surface area contributed by atoms with Crippen molar-refractivity contribution in [3.05, 3.63) is 72.3 Å². The summed E-state index contributed by atoms with van der Waals surface area (Å²) in [6.07, 6.45) is -0.769. The molecule has 4 aliphatic rings. The number of carbonyl (C=O) groups is 2. The van der Waals surface area contributed by atoms with Gasteiger partial charge >= 0.3 is 6.18 Å². The standard InChI is InChI=1S/C24H26N2O2.C2HF3O2/c1-2-13-26-14-11-17(12-15-26)20(16-26)25-24(27)23-18-7-3-5-9-21(18)28-22-10-6-4-8-19(22)23;3-2(4,5)1(6)7/h2-10,17,20,23H,1,11-16H2;(H,6,7)/t17?,20-,26?;/m1./s1. The first kappa shape index (κ1) is 24.8. The number of aliphatic carboxylic acids is 1. The average Bonchev–Trinajstić information content (AvgIpc) is 2.83. The number of quaternary nitrogens is 1. The van der Waals surface area contributed by atoms with Gasteiger partial charge in [0, 0.05) is 24.0 Å². The van der Waals surface area contributed by atoms with Crippen molar-refractivity contribution in [1.82, 2.24) is 5.32 Å². The van der Waals surface area contributed by atoms with E-state index in [0.29, 0.717) is 5.92 Å². The Morgan fingerprint density at radius 1 is 1.06 bits per heavy atom. The SMILES string of the molecule is C=CC[N+]12CCC(CC1)[C@H](NC(=O)C1c3ccccc3Oc3ccccc31)C2.O=C([O-])C(F)(F)F. The van der Waals surface area contributed by atoms with E-state index >= 15 is 0 Å². The molecular weight excluding hydrogens is 461 g/mol. The van der Waals surface area contributed by atoms with Crippen LogP contribution >= 0.6 is 0 Å². The van der Waals surface area contributed by atoms with Crippen molar-refractivity contribution >= 4 is 11.9 Å². The van der Waals surface area contributed by atoms with Gasteiger partial charge in [-0.1, -0.05) is 43.0 Å². The molecule has 0 unspecified atom stereocenters. The lowest BCUT2D eigenvalue weighted by Crippen LogP contribution is -2.67. The molecule has 0 saturated carbocycles. The fourth-order valence-electron chi connectivity index (χ4n) is 5.44. The van der Waals surface area contributed by atoms with Gasteiger partial charge in [0.15, 0.2) is 0 Å². The molecule has 4 aliphatic heterocycles. The highest BCUT2D eigenvalue weighted by Crippen LogP contribution is 2.44. The summed E-state index contributed by atoms with van der Waals surface area (Å²) >= 11 is 0. The second-order valence-corrected chi connectivity index (χ2v) is 9.29. The fourth-order valence-corrected chi connectivity index (χ4v) is 5.44. The third-order valence-electron chi connectivity index (χ3n) is 7.12. The van der Waals surface area contributed by atoms with Crippen LogP contribution in [0, 0.1) is 5.92 Å². The lowest BCUT2D eigenvalue weighted by atomic mass is 9.80. The Balaban J connectivity index is 0.000000364. The number of carboxylic acids is 1. The fraction of sp³-hybridized carbons (Fsp3) is 0.385. The molecule has 186 valence electrons. The van der Waals surface area contributed by atoms with Gasteiger partial charge in [-0.3, -0.25) is 4.79 Å². The first-order valence-corrected chi connectivity index (χ1v) is 11.5. The van der Waals surface area contributed by atoms with Crippen molar-refractivity contribution in [2.75, 3.05) is 26.2 Å². The number of ether oxygens (including phenoxy) is 1. The smallest absolute Gasteiger partial charge is 0.430 e. The molecule has 1 atom stereocenters. The Morgan fingerprint density at radius 3 is 2.06 bits per heavy atom. The molecule has 1 N–H and O–H groups in total. The molecule has 0 spiro atoms. The number of hydrogen-bond acceptors (Lipinski definition) is 4. The molecule has 9 heteroatoms. The maximum Gasteiger partial charge on any atom is 0.430 e. The summed E-state index contributed by atoms with van der Waals surface area (Å²) in [5, 5.41) is 12.2. The first-order valence-electron chi connectivity index (χ1n) is 11.5. The number of halogens is 3. The average molecular weight is 489 g/mol. The van der Waals surface area contributed by atoms with Crippen LogP contribution in [0.3, 0.4) is 0 Å². The Hall–Kier alpha value is -3.33. The molecule has 4 heterocycles. The zero-order chi connectivity index (χ0) is 25.2. The highest BCUT2D eigenvalue weighted by molar-refractivity contribution is 5.89. The van der Waals surface area contributed by atoms with Crippen LogP contribution < -0.4 is 15.2 Å². The molecule has 0 radical (unpaired) electrons. The topological polar surface area (TPSA) is 78.5 Å². The van der Waals surface area contributed by atoms with Crippen LogP contribution in [0.5, 0.6) is 11.5 Å². The minimum Gasteiger partial charge on any atom is -0.542 e. The third-order valence-corrected chi connectivity index (χ3v) is 7.12. The molecule has 35 heavy (non-hydrogen) atoms. The quantitative estimate of drug-likeness (QED) is 0.530. The van der Waals surface area contributed by atoms with Crippen molar-refractivity contribution in [2.45, 2.75) is 31.0 Å². The second-order valence-electron chi connectivity index (χ2n) is 9.29. The minimum atomic E-state index is -5.19. The van der Waals surface area contributed by atoms with Crippen LogP contribution in [0.15, 0.2) is 61.2 Å². The van der Waals surface area contributed by atoms with E-state index in [1.54, 1.807) is 0 Å². The number of nitrogens with one attached hydrogen (secondary N) is 1. The Kier molecular flexibility index (Phi) is 6.89. The van der Waals surface area contributed by atoms with Crippen molar-refractivity contribution in [1.29, 1.82) is 0 Å². The van der Waals surface area contributed by atoms with Crippen LogP contribution in [-0.2, 0) is 9.59 Å². The molecule has 3 fully saturated rings. The highest BCUT2D eigenvalue weighted by Gasteiger charge is 2.46. The summed E-state index contributed by atoms with van der Waals surface area (Å²) in [4.78, 5) is 22.3. The van der Waals surface area contributed by atoms with E-state index in [4.69, 9.17) is 14.6 Å². The number of alkyl halides is 3. The van der Waals surface area contributed by atoms with Gasteiger partial charge in [0.05, 0.1) is 38.1 Å². The van der Waals surface area contributed by atoms with Gasteiger partial charge in [0.2, 0.25) is 5.91 Å². The number of nitrogens with zero attached hydrogens (tertiary/aromatic N) is 1. The van der Waals surface area contributed by atoms with Gasteiger partial charge in [-0.25, -0.2) is 0 Å². The molecule has 2 aromatic carbocycles. The zero-order valence-corrected chi connectivity index (χ0v) is 19.1. The molecule has 3 saturated heterocycles. The Morgan fingerprint density at radius 2 is 1.57 bits per heavy atom. The number of rotatable bonds is 4. The lowest BCUT2D eigenvalue weighted by molar-refractivity contribution is -0.938. The highest BCUT2D eigenvalue weighted by atomic mass is 19.4. The van der Waals surface area contributed by atoms with Crippen molar-refractivity contribution in [3.63, 3.8) is 0 Å². The summed E-state index contributed by atoms with van der Waals surface area (Å²) in [6, 6.07) is 16.0. The summed E-state index contributed by atoms with van der Waals surface area (Å²) in [6.45, 7) is 8.41. The van der Waals surface area contributed by atoms with E-state index < -0.39 is 12.1 Å². The maximum atomic E-state index is 13.5. The molecule has 1 amide bonds. The first-order chi connectivity index (χ1) is 16.6. The zero-order valence-electron chi connectivity index (χ0n) is 19.1. The van der Waals surface area contributed by atoms with E-state index in [9.17, 15) is 18.0 Å². The molecule has 0 aromatic heterocycles. The number of amides is 1. The third kappa shape index (κ3) is 5.19. The van der Waals surface area contributed by atoms with E-state index in [1.807, 2.05) is 54.6 Å². The second kappa shape index (κ2) is 9.73. The van der Waals surface area contributed by atoms with E-state index in [1.165, 1.54) is 25.9 Å². The summed E-state index contributed by atoms with van der Waals surface area (Å²) in [7, 11) is 0. The molecular formula is C26H27F3N2O4. The van der Waals surface area contributed by atoms with Crippen LogP contribution in [0.1, 0.15) is 29.9 Å². The van der Waals surface area contributed by atoms with Crippen molar-refractivity contribution in [2.24, 2.45) is 5.92 Å². The molecule has 2 bridgehead atoms. The summed E-state index contributed by atoms with van der Waals surface area (Å²) in [5.41, 5.74) is 1.91. The number of benzene rings is 2. The van der Waals surface area contributed by atoms with E-state index in [-0.39, 0.29) is 17.9 Å². The van der Waals surface area contributed by atoms with Crippen molar-refractivity contribution < 1.29 is 37.1 Å².